The van der Waals surface area contributed by atoms with E-state index >= 15 is 0 Å². The van der Waals surface area contributed by atoms with Crippen LogP contribution >= 0.6 is 11.6 Å². The summed E-state index contributed by atoms with van der Waals surface area (Å²) in [5, 5.41) is 3.78. The van der Waals surface area contributed by atoms with Crippen molar-refractivity contribution >= 4 is 21.6 Å². The average molecular weight is 252 g/mol. The van der Waals surface area contributed by atoms with E-state index in [2.05, 4.69) is 9.82 Å². The Morgan fingerprint density at radius 2 is 2.27 bits per heavy atom. The Hall–Kier alpha value is -0.590. The predicted octanol–water partition coefficient (Wildman–Crippen LogP) is 0.598. The second-order valence-corrected chi connectivity index (χ2v) is 5.56. The maximum absolute atomic E-state index is 11.1. The minimum atomic E-state index is -3.36. The number of hydrogen-bond acceptors (Lipinski definition) is 3. The van der Waals surface area contributed by atoms with Gasteiger partial charge >= 0.3 is 0 Å². The lowest BCUT2D eigenvalue weighted by Gasteiger charge is -2.02. The van der Waals surface area contributed by atoms with Gasteiger partial charge in [0.05, 0.1) is 5.69 Å². The summed E-state index contributed by atoms with van der Waals surface area (Å²) in [6, 6.07) is 0. The molecule has 5 nitrogen and oxygen atoms in total. The summed E-state index contributed by atoms with van der Waals surface area (Å²) in [6.07, 6.45) is 2.58. The van der Waals surface area contributed by atoms with Crippen LogP contribution in [0.25, 0.3) is 0 Å². The summed E-state index contributed by atoms with van der Waals surface area (Å²) in [7, 11) is -1.55. The van der Waals surface area contributed by atoms with Crippen LogP contribution in [0.4, 0.5) is 0 Å². The summed E-state index contributed by atoms with van der Waals surface area (Å²) in [5.41, 5.74) is 1.78. The minimum Gasteiger partial charge on any atom is -0.275 e. The Morgan fingerprint density at radius 3 is 2.80 bits per heavy atom. The van der Waals surface area contributed by atoms with Crippen molar-refractivity contribution in [2.24, 2.45) is 7.05 Å². The van der Waals surface area contributed by atoms with Crippen molar-refractivity contribution in [1.82, 2.24) is 14.5 Å². The molecule has 0 radical (unpaired) electrons. The van der Waals surface area contributed by atoms with Crippen molar-refractivity contribution in [1.29, 1.82) is 0 Å². The summed E-state index contributed by atoms with van der Waals surface area (Å²) in [4.78, 5) is 0. The molecule has 1 N–H and O–H groups in total. The fraction of sp³-hybridized carbons (Fsp3) is 0.625. The maximum Gasteiger partial charge on any atom is 0.225 e. The number of nitrogens with zero attached hydrogens (tertiary/aromatic N) is 2. The van der Waals surface area contributed by atoms with Crippen LogP contribution in [0.15, 0.2) is 6.20 Å². The summed E-state index contributed by atoms with van der Waals surface area (Å²) >= 11 is 5.27. The largest absolute Gasteiger partial charge is 0.275 e. The summed E-state index contributed by atoms with van der Waals surface area (Å²) < 4.78 is 26.3. The van der Waals surface area contributed by atoms with Gasteiger partial charge < -0.3 is 0 Å². The van der Waals surface area contributed by atoms with E-state index < -0.39 is 15.2 Å². The van der Waals surface area contributed by atoms with Crippen molar-refractivity contribution < 1.29 is 8.42 Å². The molecule has 1 heterocycles. The number of nitrogens with one attached hydrogen (secondary N) is 1. The van der Waals surface area contributed by atoms with Gasteiger partial charge in [0.25, 0.3) is 0 Å². The number of sulfonamides is 1. The van der Waals surface area contributed by atoms with Crippen LogP contribution in [-0.2, 0) is 30.0 Å². The van der Waals surface area contributed by atoms with Gasteiger partial charge in [-0.1, -0.05) is 6.92 Å². The first-order chi connectivity index (χ1) is 6.98. The van der Waals surface area contributed by atoms with Gasteiger partial charge in [-0.2, -0.15) is 5.10 Å². The van der Waals surface area contributed by atoms with Crippen molar-refractivity contribution in [2.75, 3.05) is 5.21 Å². The fourth-order valence-electron chi connectivity index (χ4n) is 1.26. The van der Waals surface area contributed by atoms with E-state index in [1.54, 1.807) is 17.9 Å². The van der Waals surface area contributed by atoms with Gasteiger partial charge in [0.1, 0.15) is 5.21 Å². The highest BCUT2D eigenvalue weighted by molar-refractivity contribution is 7.90. The molecule has 0 aromatic carbocycles. The molecule has 86 valence electrons. The van der Waals surface area contributed by atoms with Gasteiger partial charge in [0.15, 0.2) is 0 Å². The Morgan fingerprint density at radius 1 is 1.60 bits per heavy atom. The van der Waals surface area contributed by atoms with E-state index in [4.69, 9.17) is 11.6 Å². The van der Waals surface area contributed by atoms with E-state index in [0.29, 0.717) is 0 Å². The predicted molar refractivity (Wildman–Crippen MR) is 59.1 cm³/mol. The first-order valence-corrected chi connectivity index (χ1v) is 6.72. The lowest BCUT2D eigenvalue weighted by Crippen LogP contribution is -2.24. The molecule has 1 rings (SSSR count). The van der Waals surface area contributed by atoms with Crippen LogP contribution in [0.2, 0.25) is 0 Å². The van der Waals surface area contributed by atoms with Crippen LogP contribution in [0, 0.1) is 0 Å². The number of aromatic nitrogens is 2. The SMILES string of the molecule is CCc1nn(C)cc1CNS(=O)(=O)CCl. The van der Waals surface area contributed by atoms with E-state index in [0.717, 1.165) is 17.7 Å². The molecule has 0 atom stereocenters. The lowest BCUT2D eigenvalue weighted by atomic mass is 10.2. The van der Waals surface area contributed by atoms with Crippen LogP contribution in [0.5, 0.6) is 0 Å². The third-order valence-electron chi connectivity index (χ3n) is 1.95. The van der Waals surface area contributed by atoms with Gasteiger partial charge in [0.2, 0.25) is 10.0 Å². The summed E-state index contributed by atoms with van der Waals surface area (Å²) in [6.45, 7) is 2.22. The highest BCUT2D eigenvalue weighted by Gasteiger charge is 2.11. The molecule has 0 spiro atoms. The molecule has 0 saturated carbocycles. The van der Waals surface area contributed by atoms with Crippen LogP contribution in [0.1, 0.15) is 18.2 Å². The monoisotopic (exact) mass is 251 g/mol. The molecule has 1 aromatic rings. The second kappa shape index (κ2) is 4.96. The van der Waals surface area contributed by atoms with Crippen molar-refractivity contribution in [3.63, 3.8) is 0 Å². The zero-order chi connectivity index (χ0) is 11.5. The molecule has 1 aromatic heterocycles. The highest BCUT2D eigenvalue weighted by Crippen LogP contribution is 2.07. The normalized spacial score (nSPS) is 11.9. The Balaban J connectivity index is 2.73. The number of alkyl halides is 1. The van der Waals surface area contributed by atoms with Crippen LogP contribution in [-0.4, -0.2) is 23.4 Å². The molecule has 0 aliphatic rings. The molecule has 0 unspecified atom stereocenters. The fourth-order valence-corrected chi connectivity index (χ4v) is 1.94. The third kappa shape index (κ3) is 3.48. The number of hydrogen-bond donors (Lipinski definition) is 1. The molecule has 0 aliphatic carbocycles. The molecule has 0 saturated heterocycles. The Labute approximate surface area is 94.5 Å². The van der Waals surface area contributed by atoms with E-state index in [9.17, 15) is 8.42 Å². The molecule has 0 amide bonds. The maximum atomic E-state index is 11.1. The van der Waals surface area contributed by atoms with Gasteiger partial charge in [0, 0.05) is 25.4 Å². The topological polar surface area (TPSA) is 64.0 Å². The lowest BCUT2D eigenvalue weighted by molar-refractivity contribution is 0.586. The molecule has 0 bridgehead atoms. The van der Waals surface area contributed by atoms with E-state index in [-0.39, 0.29) is 6.54 Å². The number of rotatable bonds is 5. The smallest absolute Gasteiger partial charge is 0.225 e. The first-order valence-electron chi connectivity index (χ1n) is 4.53. The quantitative estimate of drug-likeness (QED) is 0.780. The molecule has 0 aliphatic heterocycles. The van der Waals surface area contributed by atoms with E-state index in [1.165, 1.54) is 0 Å². The number of aryl methyl sites for hydroxylation is 2. The zero-order valence-electron chi connectivity index (χ0n) is 8.70. The second-order valence-electron chi connectivity index (χ2n) is 3.17. The van der Waals surface area contributed by atoms with Gasteiger partial charge in [-0.3, -0.25) is 4.68 Å². The minimum absolute atomic E-state index is 0.242. The van der Waals surface area contributed by atoms with Crippen molar-refractivity contribution in [3.8, 4) is 0 Å². The standard InChI is InChI=1S/C8H14ClN3O2S/c1-3-8-7(5-12(2)11-8)4-10-15(13,14)6-9/h5,10H,3-4,6H2,1-2H3. The molecule has 0 fully saturated rings. The average Bonchev–Trinajstić information content (AvgIpc) is 2.56. The van der Waals surface area contributed by atoms with Crippen LogP contribution < -0.4 is 4.72 Å². The van der Waals surface area contributed by atoms with Gasteiger partial charge in [-0.05, 0) is 6.42 Å². The third-order valence-corrected chi connectivity index (χ3v) is 3.69. The molecule has 7 heteroatoms. The van der Waals surface area contributed by atoms with Gasteiger partial charge in [-0.15, -0.1) is 11.6 Å². The Kier molecular flexibility index (Phi) is 4.12. The van der Waals surface area contributed by atoms with Crippen molar-refractivity contribution in [2.45, 2.75) is 19.9 Å². The van der Waals surface area contributed by atoms with Gasteiger partial charge in [-0.25, -0.2) is 13.1 Å². The highest BCUT2D eigenvalue weighted by atomic mass is 35.5. The van der Waals surface area contributed by atoms with Crippen LogP contribution in [0.3, 0.4) is 0 Å². The zero-order valence-corrected chi connectivity index (χ0v) is 10.3. The van der Waals surface area contributed by atoms with E-state index in [1.807, 2.05) is 6.92 Å². The van der Waals surface area contributed by atoms with Crippen molar-refractivity contribution in [3.05, 3.63) is 17.5 Å². The summed E-state index contributed by atoms with van der Waals surface area (Å²) in [5.74, 6) is 0. The first kappa shape index (κ1) is 12.5. The molecule has 15 heavy (non-hydrogen) atoms. The number of halogens is 1. The molecular formula is C8H14ClN3O2S. The molecular weight excluding hydrogens is 238 g/mol. The Bertz CT molecular complexity index is 427.